The molecule has 1 atom stereocenters. The molecule has 2 amide bonds. The second-order valence-corrected chi connectivity index (χ2v) is 15.8. The highest BCUT2D eigenvalue weighted by Crippen LogP contribution is 2.44. The van der Waals surface area contributed by atoms with Gasteiger partial charge in [0.1, 0.15) is 12.1 Å². The molecule has 0 aliphatic heterocycles. The number of ether oxygens (including phenoxy) is 3. The molecule has 312 valence electrons. The van der Waals surface area contributed by atoms with E-state index in [4.69, 9.17) is 23.8 Å². The summed E-state index contributed by atoms with van der Waals surface area (Å²) in [5, 5.41) is 6.24. The van der Waals surface area contributed by atoms with Gasteiger partial charge in [-0.05, 0) is 50.8 Å². The van der Waals surface area contributed by atoms with Crippen LogP contribution in [0.1, 0.15) is 73.8 Å². The minimum absolute atomic E-state index is 0.123. The number of carbonyl (C=O) groups excluding carboxylic acids is 5. The van der Waals surface area contributed by atoms with Gasteiger partial charge in [-0.3, -0.25) is 14.4 Å². The number of fused-ring (bicyclic) bond motifs is 3. The normalized spacial score (nSPS) is 12.4. The maximum Gasteiger partial charge on any atom is 0.373 e. The molecule has 0 aromatic heterocycles. The lowest BCUT2D eigenvalue weighted by Crippen LogP contribution is -2.49. The molecule has 2 N–H and O–H groups in total. The van der Waals surface area contributed by atoms with Crippen LogP contribution in [0.25, 0.3) is 11.1 Å². The summed E-state index contributed by atoms with van der Waals surface area (Å²) < 4.78 is 17.3. The molecule has 0 fully saturated rings. The Labute approximate surface area is 352 Å². The Bertz CT molecular complexity index is 2020. The standard InChI is InChI=1S/C49H54N2O6.CO2/c1-48(2,3)27-29-55-31-32-56-30-28-50-47(54)36(34-46(53)57-35-44-42-25-15-13-23-40(42)41-24-14-16-26-43(41)44)33-45(52)51-49(37-17-7-4-8-18-37,38-19-9-5-10-20-38)39-21-11-6-12-22-39;2-1-3/h4-26,36,44H,27-35H2,1-3H3,(H,50,54)(H,51,52);/t36-;/m1./s1. The lowest BCUT2D eigenvalue weighted by atomic mass is 9.76. The molecule has 1 aliphatic carbocycles. The number of amides is 2. The Balaban J connectivity index is 0.00000221. The summed E-state index contributed by atoms with van der Waals surface area (Å²) in [5.74, 6) is -2.49. The molecule has 0 spiro atoms. The van der Waals surface area contributed by atoms with Crippen molar-refractivity contribution in [2.75, 3.05) is 39.6 Å². The topological polar surface area (TPSA) is 137 Å². The Morgan fingerprint density at radius 1 is 0.617 bits per heavy atom. The molecule has 1 aliphatic rings. The lowest BCUT2D eigenvalue weighted by molar-refractivity contribution is -0.191. The summed E-state index contributed by atoms with van der Waals surface area (Å²) in [6.45, 7) is 8.63. The average Bonchev–Trinajstić information content (AvgIpc) is 3.58. The monoisotopic (exact) mass is 810 g/mol. The van der Waals surface area contributed by atoms with Gasteiger partial charge in [0.2, 0.25) is 11.8 Å². The van der Waals surface area contributed by atoms with Crippen molar-refractivity contribution in [1.29, 1.82) is 0 Å². The Hall–Kier alpha value is -6.19. The van der Waals surface area contributed by atoms with Gasteiger partial charge in [0, 0.05) is 25.5 Å². The van der Waals surface area contributed by atoms with E-state index in [1.807, 2.05) is 115 Å². The summed E-state index contributed by atoms with van der Waals surface area (Å²) in [5.41, 5.74) is 6.13. The van der Waals surface area contributed by atoms with Crippen LogP contribution in [-0.4, -0.2) is 63.5 Å². The molecular weight excluding hydrogens is 757 g/mol. The van der Waals surface area contributed by atoms with Crippen LogP contribution < -0.4 is 10.6 Å². The molecule has 5 aromatic rings. The molecule has 10 nitrogen and oxygen atoms in total. The highest BCUT2D eigenvalue weighted by atomic mass is 16.5. The van der Waals surface area contributed by atoms with Gasteiger partial charge in [-0.2, -0.15) is 9.59 Å². The third-order valence-corrected chi connectivity index (χ3v) is 10.5. The molecule has 0 saturated carbocycles. The van der Waals surface area contributed by atoms with Crippen LogP contribution in [0, 0.1) is 11.3 Å². The first-order valence-corrected chi connectivity index (χ1v) is 20.3. The van der Waals surface area contributed by atoms with Crippen LogP contribution in [0.2, 0.25) is 0 Å². The van der Waals surface area contributed by atoms with Gasteiger partial charge in [-0.1, -0.05) is 160 Å². The van der Waals surface area contributed by atoms with E-state index in [1.54, 1.807) is 0 Å². The average molecular weight is 811 g/mol. The number of rotatable bonds is 19. The minimum atomic E-state index is -1.07. The van der Waals surface area contributed by atoms with Gasteiger partial charge >= 0.3 is 12.1 Å². The molecular formula is C50H54N2O8. The second kappa shape index (κ2) is 22.3. The Morgan fingerprint density at radius 3 is 1.55 bits per heavy atom. The van der Waals surface area contributed by atoms with E-state index in [0.29, 0.717) is 19.8 Å². The molecule has 6 rings (SSSR count). The van der Waals surface area contributed by atoms with E-state index in [0.717, 1.165) is 45.4 Å². The van der Waals surface area contributed by atoms with Gasteiger partial charge < -0.3 is 24.8 Å². The second-order valence-electron chi connectivity index (χ2n) is 15.8. The third kappa shape index (κ3) is 12.2. The van der Waals surface area contributed by atoms with E-state index >= 15 is 0 Å². The van der Waals surface area contributed by atoms with Gasteiger partial charge in [-0.15, -0.1) is 0 Å². The number of esters is 1. The highest BCUT2D eigenvalue weighted by molar-refractivity contribution is 5.89. The van der Waals surface area contributed by atoms with Crippen LogP contribution in [0.5, 0.6) is 0 Å². The summed E-state index contributed by atoms with van der Waals surface area (Å²) in [4.78, 5) is 58.2. The van der Waals surface area contributed by atoms with Crippen molar-refractivity contribution in [1.82, 2.24) is 10.6 Å². The predicted molar refractivity (Wildman–Crippen MR) is 228 cm³/mol. The molecule has 5 aromatic carbocycles. The number of hydrogen-bond acceptors (Lipinski definition) is 8. The zero-order chi connectivity index (χ0) is 42.8. The van der Waals surface area contributed by atoms with Crippen LogP contribution in [0.15, 0.2) is 140 Å². The van der Waals surface area contributed by atoms with Crippen LogP contribution in [0.4, 0.5) is 0 Å². The predicted octanol–water partition coefficient (Wildman–Crippen LogP) is 7.85. The molecule has 0 unspecified atom stereocenters. The van der Waals surface area contributed by atoms with E-state index in [2.05, 4.69) is 55.7 Å². The fraction of sp³-hybridized carbons (Fsp3) is 0.320. The first-order valence-electron chi connectivity index (χ1n) is 20.3. The first-order chi connectivity index (χ1) is 29.1. The van der Waals surface area contributed by atoms with E-state index in [9.17, 15) is 14.4 Å². The molecule has 0 radical (unpaired) electrons. The van der Waals surface area contributed by atoms with Gasteiger partial charge in [-0.25, -0.2) is 0 Å². The summed E-state index contributed by atoms with van der Waals surface area (Å²) >= 11 is 0. The fourth-order valence-electron chi connectivity index (χ4n) is 7.49. The number of carbonyl (C=O) groups is 3. The maximum absolute atomic E-state index is 14.4. The summed E-state index contributed by atoms with van der Waals surface area (Å²) in [7, 11) is 0. The summed E-state index contributed by atoms with van der Waals surface area (Å²) in [6.07, 6.45) is 0.685. The first kappa shape index (κ1) is 44.9. The lowest BCUT2D eigenvalue weighted by Gasteiger charge is -2.37. The van der Waals surface area contributed by atoms with Crippen LogP contribution in [0.3, 0.4) is 0 Å². The van der Waals surface area contributed by atoms with Crippen molar-refractivity contribution >= 4 is 23.9 Å². The highest BCUT2D eigenvalue weighted by Gasteiger charge is 2.39. The maximum atomic E-state index is 14.4. The number of nitrogens with one attached hydrogen (secondary N) is 2. The molecule has 0 bridgehead atoms. The number of benzene rings is 5. The van der Waals surface area contributed by atoms with Crippen molar-refractivity contribution < 1.29 is 38.2 Å². The van der Waals surface area contributed by atoms with Gasteiger partial charge in [0.15, 0.2) is 0 Å². The van der Waals surface area contributed by atoms with Crippen molar-refractivity contribution in [3.05, 3.63) is 167 Å². The minimum Gasteiger partial charge on any atom is -0.465 e. The van der Waals surface area contributed by atoms with Crippen molar-refractivity contribution in [2.45, 2.75) is 51.5 Å². The third-order valence-electron chi connectivity index (χ3n) is 10.5. The molecule has 0 saturated heterocycles. The molecule has 0 heterocycles. The van der Waals surface area contributed by atoms with Crippen molar-refractivity contribution in [2.24, 2.45) is 11.3 Å². The molecule has 60 heavy (non-hydrogen) atoms. The largest absolute Gasteiger partial charge is 0.465 e. The van der Waals surface area contributed by atoms with Crippen molar-refractivity contribution in [3.8, 4) is 11.1 Å². The van der Waals surface area contributed by atoms with E-state index in [-0.39, 0.29) is 56.0 Å². The number of hydrogen-bond donors (Lipinski definition) is 2. The van der Waals surface area contributed by atoms with E-state index < -0.39 is 23.3 Å². The van der Waals surface area contributed by atoms with E-state index in [1.165, 1.54) is 0 Å². The van der Waals surface area contributed by atoms with Gasteiger partial charge in [0.05, 0.1) is 32.2 Å². The zero-order valence-corrected chi connectivity index (χ0v) is 34.6. The van der Waals surface area contributed by atoms with Gasteiger partial charge in [0.25, 0.3) is 0 Å². The Morgan fingerprint density at radius 2 is 1.07 bits per heavy atom. The van der Waals surface area contributed by atoms with Crippen molar-refractivity contribution in [3.63, 3.8) is 0 Å². The van der Waals surface area contributed by atoms with Crippen LogP contribution in [-0.2, 0) is 43.7 Å². The quantitative estimate of drug-likeness (QED) is 0.0489. The smallest absolute Gasteiger partial charge is 0.373 e. The summed E-state index contributed by atoms with van der Waals surface area (Å²) in [6, 6.07) is 45.6. The Kier molecular flexibility index (Phi) is 16.7. The zero-order valence-electron chi connectivity index (χ0n) is 34.6. The SMILES string of the molecule is CC(C)(C)CCOCCOCCNC(=O)[C@H](CC(=O)NC(c1ccccc1)(c1ccccc1)c1ccccc1)CC(=O)OCC1c2ccccc2-c2ccccc21.O=C=O. The fourth-order valence-corrected chi connectivity index (χ4v) is 7.49. The molecule has 10 heteroatoms. The van der Waals surface area contributed by atoms with Crippen LogP contribution >= 0.6 is 0 Å².